The molecule has 4 N–H and O–H groups in total. The van der Waals surface area contributed by atoms with Crippen molar-refractivity contribution in [2.24, 2.45) is 5.73 Å². The fourth-order valence-electron chi connectivity index (χ4n) is 1.92. The largest absolute Gasteiger partial charge is 0.352 e. The standard InChI is InChI=1S/C14H19Cl2N3O2S/c1-8(10-4-3-9(15)7-11(10)16)18-13(20)12(5-6-22-2)19-14(17)21/h3-4,7-8,12H,5-6H2,1-2H3,(H,18,20)(H3,17,19,21). The smallest absolute Gasteiger partial charge is 0.312 e. The zero-order valence-electron chi connectivity index (χ0n) is 12.4. The van der Waals surface area contributed by atoms with Crippen molar-refractivity contribution in [1.29, 1.82) is 0 Å². The van der Waals surface area contributed by atoms with Crippen LogP contribution in [-0.2, 0) is 4.79 Å². The van der Waals surface area contributed by atoms with Gasteiger partial charge < -0.3 is 16.4 Å². The molecule has 0 aliphatic carbocycles. The first-order valence-electron chi connectivity index (χ1n) is 6.65. The molecule has 5 nitrogen and oxygen atoms in total. The van der Waals surface area contributed by atoms with Gasteiger partial charge in [-0.2, -0.15) is 11.8 Å². The molecule has 1 rings (SSSR count). The second kappa shape index (κ2) is 9.12. The number of carbonyl (C=O) groups is 2. The number of thioether (sulfide) groups is 1. The van der Waals surface area contributed by atoms with Crippen LogP contribution in [0, 0.1) is 0 Å². The quantitative estimate of drug-likeness (QED) is 0.696. The maximum absolute atomic E-state index is 12.3. The van der Waals surface area contributed by atoms with Crippen LogP contribution in [0.2, 0.25) is 10.0 Å². The van der Waals surface area contributed by atoms with Crippen LogP contribution in [0.25, 0.3) is 0 Å². The molecule has 22 heavy (non-hydrogen) atoms. The van der Waals surface area contributed by atoms with Crippen molar-refractivity contribution in [3.8, 4) is 0 Å². The summed E-state index contributed by atoms with van der Waals surface area (Å²) >= 11 is 13.6. The summed E-state index contributed by atoms with van der Waals surface area (Å²) in [5.41, 5.74) is 5.86. The monoisotopic (exact) mass is 363 g/mol. The maximum Gasteiger partial charge on any atom is 0.312 e. The van der Waals surface area contributed by atoms with Crippen molar-refractivity contribution in [1.82, 2.24) is 10.6 Å². The number of nitrogens with two attached hydrogens (primary N) is 1. The average Bonchev–Trinajstić information content (AvgIpc) is 2.42. The van der Waals surface area contributed by atoms with E-state index in [0.717, 1.165) is 11.3 Å². The first-order valence-corrected chi connectivity index (χ1v) is 8.80. The number of hydrogen-bond donors (Lipinski definition) is 3. The van der Waals surface area contributed by atoms with Crippen molar-refractivity contribution in [2.45, 2.75) is 25.4 Å². The van der Waals surface area contributed by atoms with Crippen molar-refractivity contribution in [3.63, 3.8) is 0 Å². The lowest BCUT2D eigenvalue weighted by Gasteiger charge is -2.21. The molecule has 0 saturated carbocycles. The zero-order chi connectivity index (χ0) is 16.7. The highest BCUT2D eigenvalue weighted by Gasteiger charge is 2.22. The van der Waals surface area contributed by atoms with Crippen LogP contribution in [0.5, 0.6) is 0 Å². The first kappa shape index (κ1) is 18.9. The van der Waals surface area contributed by atoms with Crippen molar-refractivity contribution < 1.29 is 9.59 Å². The number of rotatable bonds is 7. The van der Waals surface area contributed by atoms with E-state index in [9.17, 15) is 9.59 Å². The van der Waals surface area contributed by atoms with E-state index in [2.05, 4.69) is 10.6 Å². The highest BCUT2D eigenvalue weighted by Crippen LogP contribution is 2.26. The first-order chi connectivity index (χ1) is 10.3. The van der Waals surface area contributed by atoms with Crippen molar-refractivity contribution in [2.75, 3.05) is 12.0 Å². The van der Waals surface area contributed by atoms with E-state index in [1.165, 1.54) is 0 Å². The molecule has 0 spiro atoms. The van der Waals surface area contributed by atoms with Gasteiger partial charge in [0.25, 0.3) is 0 Å². The highest BCUT2D eigenvalue weighted by atomic mass is 35.5. The van der Waals surface area contributed by atoms with Gasteiger partial charge in [-0.05, 0) is 43.0 Å². The summed E-state index contributed by atoms with van der Waals surface area (Å²) in [6, 6.07) is 3.38. The lowest BCUT2D eigenvalue weighted by atomic mass is 10.1. The van der Waals surface area contributed by atoms with Crippen LogP contribution in [0.15, 0.2) is 18.2 Å². The van der Waals surface area contributed by atoms with Gasteiger partial charge in [-0.3, -0.25) is 4.79 Å². The van der Waals surface area contributed by atoms with Crippen LogP contribution < -0.4 is 16.4 Å². The molecule has 0 heterocycles. The van der Waals surface area contributed by atoms with Crippen LogP contribution in [-0.4, -0.2) is 30.0 Å². The van der Waals surface area contributed by atoms with Gasteiger partial charge in [0, 0.05) is 10.0 Å². The summed E-state index contributed by atoms with van der Waals surface area (Å²) in [5, 5.41) is 6.28. The molecule has 1 aromatic carbocycles. The minimum absolute atomic E-state index is 0.300. The molecular formula is C14H19Cl2N3O2S. The number of amides is 3. The Labute approximate surface area is 144 Å². The van der Waals surface area contributed by atoms with Gasteiger partial charge in [-0.15, -0.1) is 0 Å². The Hall–Kier alpha value is -1.11. The predicted molar refractivity (Wildman–Crippen MR) is 92.5 cm³/mol. The second-order valence-corrected chi connectivity index (χ2v) is 6.57. The molecule has 2 atom stereocenters. The summed E-state index contributed by atoms with van der Waals surface area (Å²) in [4.78, 5) is 23.3. The van der Waals surface area contributed by atoms with Crippen LogP contribution >= 0.6 is 35.0 Å². The lowest BCUT2D eigenvalue weighted by Crippen LogP contribution is -2.49. The van der Waals surface area contributed by atoms with Crippen molar-refractivity contribution >= 4 is 46.9 Å². The number of urea groups is 1. The Bertz CT molecular complexity index is 543. The van der Waals surface area contributed by atoms with Gasteiger partial charge >= 0.3 is 6.03 Å². The molecule has 0 bridgehead atoms. The number of halogens is 2. The Morgan fingerprint density at radius 1 is 1.32 bits per heavy atom. The number of carbonyl (C=O) groups excluding carboxylic acids is 2. The van der Waals surface area contributed by atoms with E-state index in [-0.39, 0.29) is 11.9 Å². The molecule has 2 unspecified atom stereocenters. The molecule has 0 aliphatic heterocycles. The van der Waals surface area contributed by atoms with Gasteiger partial charge in [0.05, 0.1) is 6.04 Å². The van der Waals surface area contributed by atoms with Gasteiger partial charge in [0.1, 0.15) is 6.04 Å². The molecule has 0 aromatic heterocycles. The third-order valence-electron chi connectivity index (χ3n) is 3.03. The number of nitrogens with one attached hydrogen (secondary N) is 2. The van der Waals surface area contributed by atoms with Gasteiger partial charge in [0.2, 0.25) is 5.91 Å². The molecule has 122 valence electrons. The van der Waals surface area contributed by atoms with Crippen LogP contribution in [0.3, 0.4) is 0 Å². The molecule has 0 saturated heterocycles. The fourth-order valence-corrected chi connectivity index (χ4v) is 2.96. The molecule has 1 aromatic rings. The summed E-state index contributed by atoms with van der Waals surface area (Å²) in [7, 11) is 0. The average molecular weight is 364 g/mol. The number of hydrogen-bond acceptors (Lipinski definition) is 3. The third kappa shape index (κ3) is 5.94. The minimum Gasteiger partial charge on any atom is -0.352 e. The van der Waals surface area contributed by atoms with E-state index in [1.54, 1.807) is 30.0 Å². The number of benzene rings is 1. The Morgan fingerprint density at radius 2 is 2.00 bits per heavy atom. The highest BCUT2D eigenvalue weighted by molar-refractivity contribution is 7.98. The van der Waals surface area contributed by atoms with E-state index < -0.39 is 12.1 Å². The summed E-state index contributed by atoms with van der Waals surface area (Å²) in [6.07, 6.45) is 2.42. The second-order valence-electron chi connectivity index (χ2n) is 4.74. The summed E-state index contributed by atoms with van der Waals surface area (Å²) in [6.45, 7) is 1.81. The predicted octanol–water partition coefficient (Wildman–Crippen LogP) is 2.96. The van der Waals surface area contributed by atoms with Gasteiger partial charge in [-0.1, -0.05) is 29.3 Å². The summed E-state index contributed by atoms with van der Waals surface area (Å²) < 4.78 is 0. The number of primary amides is 1. The Balaban J connectivity index is 2.76. The minimum atomic E-state index is -0.724. The zero-order valence-corrected chi connectivity index (χ0v) is 14.7. The lowest BCUT2D eigenvalue weighted by molar-refractivity contribution is -0.123. The fraction of sp³-hybridized carbons (Fsp3) is 0.429. The summed E-state index contributed by atoms with van der Waals surface area (Å²) in [5.74, 6) is 0.431. The van der Waals surface area contributed by atoms with Crippen LogP contribution in [0.4, 0.5) is 4.79 Å². The SMILES string of the molecule is CSCCC(NC(N)=O)C(=O)NC(C)c1ccc(Cl)cc1Cl. The topological polar surface area (TPSA) is 84.2 Å². The molecular weight excluding hydrogens is 345 g/mol. The molecule has 0 fully saturated rings. The Kier molecular flexibility index (Phi) is 7.85. The molecule has 8 heteroatoms. The van der Waals surface area contributed by atoms with E-state index in [0.29, 0.717) is 16.5 Å². The molecule has 3 amide bonds. The third-order valence-corrected chi connectivity index (χ3v) is 4.24. The van der Waals surface area contributed by atoms with Crippen molar-refractivity contribution in [3.05, 3.63) is 33.8 Å². The molecule has 0 radical (unpaired) electrons. The van der Waals surface area contributed by atoms with E-state index >= 15 is 0 Å². The maximum atomic E-state index is 12.3. The van der Waals surface area contributed by atoms with E-state index in [1.807, 2.05) is 13.2 Å². The normalized spacial score (nSPS) is 13.3. The van der Waals surface area contributed by atoms with Gasteiger partial charge in [0.15, 0.2) is 0 Å². The Morgan fingerprint density at radius 3 is 2.55 bits per heavy atom. The molecule has 0 aliphatic rings. The van der Waals surface area contributed by atoms with Crippen LogP contribution in [0.1, 0.15) is 24.9 Å². The van der Waals surface area contributed by atoms with E-state index in [4.69, 9.17) is 28.9 Å². The van der Waals surface area contributed by atoms with Gasteiger partial charge in [-0.25, -0.2) is 4.79 Å².